The van der Waals surface area contributed by atoms with E-state index in [1.807, 2.05) is 0 Å². The Kier molecular flexibility index (Phi) is 2.50. The van der Waals surface area contributed by atoms with Gasteiger partial charge in [0.05, 0.1) is 0 Å². The van der Waals surface area contributed by atoms with Crippen LogP contribution in [0.2, 0.25) is 0 Å². The fourth-order valence-corrected chi connectivity index (χ4v) is 2.61. The Balaban J connectivity index is 2.18. The van der Waals surface area contributed by atoms with Crippen LogP contribution >= 0.6 is 0 Å². The van der Waals surface area contributed by atoms with Crippen LogP contribution in [0.25, 0.3) is 0 Å². The van der Waals surface area contributed by atoms with Crippen molar-refractivity contribution in [2.24, 2.45) is 0 Å². The molecule has 1 N–H and O–H groups in total. The van der Waals surface area contributed by atoms with E-state index < -0.39 is 0 Å². The zero-order chi connectivity index (χ0) is 8.39. The van der Waals surface area contributed by atoms with Gasteiger partial charge in [0.15, 0.2) is 0 Å². The Hall–Kier alpha value is -0.300. The SMILES string of the molecule is CCC1NCCC2=C1CCCC2. The van der Waals surface area contributed by atoms with Gasteiger partial charge in [-0.1, -0.05) is 18.1 Å². The highest BCUT2D eigenvalue weighted by Gasteiger charge is 2.22. The molecule has 1 aliphatic heterocycles. The molecule has 1 aliphatic carbocycles. The second-order valence-electron chi connectivity index (χ2n) is 4.00. The molecule has 68 valence electrons. The quantitative estimate of drug-likeness (QED) is 0.589. The molecule has 0 bridgehead atoms. The summed E-state index contributed by atoms with van der Waals surface area (Å²) in [5, 5.41) is 3.61. The third-order valence-electron chi connectivity index (χ3n) is 3.28. The second-order valence-corrected chi connectivity index (χ2v) is 4.00. The van der Waals surface area contributed by atoms with Crippen LogP contribution in [0, 0.1) is 0 Å². The van der Waals surface area contributed by atoms with E-state index in [-0.39, 0.29) is 0 Å². The van der Waals surface area contributed by atoms with Gasteiger partial charge in [-0.15, -0.1) is 0 Å². The smallest absolute Gasteiger partial charge is 0.0279 e. The second kappa shape index (κ2) is 3.61. The van der Waals surface area contributed by atoms with Crippen molar-refractivity contribution >= 4 is 0 Å². The first-order chi connectivity index (χ1) is 5.92. The first-order valence-electron chi connectivity index (χ1n) is 5.36. The Labute approximate surface area is 75.2 Å². The van der Waals surface area contributed by atoms with Crippen molar-refractivity contribution in [3.05, 3.63) is 11.1 Å². The monoisotopic (exact) mass is 165 g/mol. The van der Waals surface area contributed by atoms with Crippen LogP contribution < -0.4 is 5.32 Å². The summed E-state index contributed by atoms with van der Waals surface area (Å²) in [7, 11) is 0. The van der Waals surface area contributed by atoms with Crippen molar-refractivity contribution < 1.29 is 0 Å². The predicted molar refractivity (Wildman–Crippen MR) is 52.2 cm³/mol. The summed E-state index contributed by atoms with van der Waals surface area (Å²) < 4.78 is 0. The van der Waals surface area contributed by atoms with Gasteiger partial charge in [0.25, 0.3) is 0 Å². The van der Waals surface area contributed by atoms with Crippen molar-refractivity contribution in [2.75, 3.05) is 6.54 Å². The molecule has 1 nitrogen and oxygen atoms in total. The van der Waals surface area contributed by atoms with Crippen LogP contribution in [0.15, 0.2) is 11.1 Å². The number of nitrogens with one attached hydrogen (secondary N) is 1. The predicted octanol–water partition coefficient (Wildman–Crippen LogP) is 2.63. The molecule has 0 aromatic rings. The molecule has 1 unspecified atom stereocenters. The van der Waals surface area contributed by atoms with Crippen molar-refractivity contribution in [3.63, 3.8) is 0 Å². The van der Waals surface area contributed by atoms with Gasteiger partial charge < -0.3 is 5.32 Å². The van der Waals surface area contributed by atoms with E-state index in [2.05, 4.69) is 12.2 Å². The van der Waals surface area contributed by atoms with Crippen molar-refractivity contribution in [1.82, 2.24) is 5.32 Å². The maximum absolute atomic E-state index is 3.61. The van der Waals surface area contributed by atoms with Crippen LogP contribution in [0.5, 0.6) is 0 Å². The molecule has 12 heavy (non-hydrogen) atoms. The minimum Gasteiger partial charge on any atom is -0.310 e. The van der Waals surface area contributed by atoms with Crippen molar-refractivity contribution in [3.8, 4) is 0 Å². The minimum atomic E-state index is 0.731. The highest BCUT2D eigenvalue weighted by atomic mass is 14.9. The first-order valence-corrected chi connectivity index (χ1v) is 5.36. The summed E-state index contributed by atoms with van der Waals surface area (Å²) in [6, 6.07) is 0.731. The molecule has 1 atom stereocenters. The molecular weight excluding hydrogens is 146 g/mol. The van der Waals surface area contributed by atoms with Gasteiger partial charge in [-0.25, -0.2) is 0 Å². The van der Waals surface area contributed by atoms with Crippen LogP contribution in [0.4, 0.5) is 0 Å². The molecule has 1 heteroatoms. The normalized spacial score (nSPS) is 30.2. The van der Waals surface area contributed by atoms with Gasteiger partial charge in [-0.05, 0) is 45.1 Å². The van der Waals surface area contributed by atoms with Crippen LogP contribution in [0.3, 0.4) is 0 Å². The van der Waals surface area contributed by atoms with Gasteiger partial charge in [-0.3, -0.25) is 0 Å². The summed E-state index contributed by atoms with van der Waals surface area (Å²) in [5.74, 6) is 0. The lowest BCUT2D eigenvalue weighted by molar-refractivity contribution is 0.468. The number of hydrogen-bond donors (Lipinski definition) is 1. The van der Waals surface area contributed by atoms with E-state index in [9.17, 15) is 0 Å². The molecule has 2 aliphatic rings. The Bertz CT molecular complexity index is 189. The van der Waals surface area contributed by atoms with Crippen LogP contribution in [-0.2, 0) is 0 Å². The van der Waals surface area contributed by atoms with E-state index in [4.69, 9.17) is 0 Å². The zero-order valence-electron chi connectivity index (χ0n) is 8.03. The van der Waals surface area contributed by atoms with Crippen LogP contribution in [-0.4, -0.2) is 12.6 Å². The molecule has 0 spiro atoms. The summed E-state index contributed by atoms with van der Waals surface area (Å²) in [6.45, 7) is 3.51. The lowest BCUT2D eigenvalue weighted by Crippen LogP contribution is -2.37. The average molecular weight is 165 g/mol. The standard InChI is InChI=1S/C11H19N/c1-2-11-10-6-4-3-5-9(10)7-8-12-11/h11-12H,2-8H2,1H3. The maximum Gasteiger partial charge on any atom is 0.0279 e. The van der Waals surface area contributed by atoms with E-state index in [1.165, 1.54) is 45.1 Å². The van der Waals surface area contributed by atoms with Gasteiger partial charge in [-0.2, -0.15) is 0 Å². The Morgan fingerprint density at radius 1 is 1.25 bits per heavy atom. The van der Waals surface area contributed by atoms with Gasteiger partial charge in [0.1, 0.15) is 0 Å². The first kappa shape index (κ1) is 8.31. The summed E-state index contributed by atoms with van der Waals surface area (Å²) in [5.41, 5.74) is 3.57. The molecule has 0 fully saturated rings. The fraction of sp³-hybridized carbons (Fsp3) is 0.818. The van der Waals surface area contributed by atoms with E-state index >= 15 is 0 Å². The topological polar surface area (TPSA) is 12.0 Å². The van der Waals surface area contributed by atoms with E-state index in [1.54, 1.807) is 11.1 Å². The molecule has 0 saturated carbocycles. The van der Waals surface area contributed by atoms with Gasteiger partial charge in [0.2, 0.25) is 0 Å². The van der Waals surface area contributed by atoms with E-state index in [0.29, 0.717) is 0 Å². The van der Waals surface area contributed by atoms with Gasteiger partial charge >= 0.3 is 0 Å². The Morgan fingerprint density at radius 3 is 2.92 bits per heavy atom. The fourth-order valence-electron chi connectivity index (χ4n) is 2.61. The molecule has 0 amide bonds. The Morgan fingerprint density at radius 2 is 2.08 bits per heavy atom. The molecule has 0 aromatic heterocycles. The molecule has 0 radical (unpaired) electrons. The molecule has 2 rings (SSSR count). The van der Waals surface area contributed by atoms with Crippen molar-refractivity contribution in [2.45, 2.75) is 51.5 Å². The minimum absolute atomic E-state index is 0.731. The number of rotatable bonds is 1. The lowest BCUT2D eigenvalue weighted by atomic mass is 9.83. The highest BCUT2D eigenvalue weighted by molar-refractivity contribution is 5.25. The molecular formula is C11H19N. The van der Waals surface area contributed by atoms with Gasteiger partial charge in [0, 0.05) is 6.04 Å². The third-order valence-corrected chi connectivity index (χ3v) is 3.28. The summed E-state index contributed by atoms with van der Waals surface area (Å²) >= 11 is 0. The van der Waals surface area contributed by atoms with E-state index in [0.717, 1.165) is 6.04 Å². The number of hydrogen-bond acceptors (Lipinski definition) is 1. The maximum atomic E-state index is 3.61. The highest BCUT2D eigenvalue weighted by Crippen LogP contribution is 2.32. The lowest BCUT2D eigenvalue weighted by Gasteiger charge is -2.32. The molecule has 0 aromatic carbocycles. The summed E-state index contributed by atoms with van der Waals surface area (Å²) in [6.07, 6.45) is 8.24. The van der Waals surface area contributed by atoms with Crippen molar-refractivity contribution in [1.29, 1.82) is 0 Å². The summed E-state index contributed by atoms with van der Waals surface area (Å²) in [4.78, 5) is 0. The third kappa shape index (κ3) is 1.42. The average Bonchev–Trinajstić information content (AvgIpc) is 2.17. The van der Waals surface area contributed by atoms with Crippen LogP contribution in [0.1, 0.15) is 45.4 Å². The largest absolute Gasteiger partial charge is 0.310 e. The molecule has 1 heterocycles. The zero-order valence-corrected chi connectivity index (χ0v) is 8.03. The molecule has 0 saturated heterocycles.